The summed E-state index contributed by atoms with van der Waals surface area (Å²) in [6.07, 6.45) is -1.72. The Kier molecular flexibility index (Phi) is 3.52. The molecule has 6 nitrogen and oxygen atoms in total. The number of likely N-dealkylation sites (tertiary alicyclic amines) is 1. The van der Waals surface area contributed by atoms with Gasteiger partial charge in [0.1, 0.15) is 6.04 Å². The lowest BCUT2D eigenvalue weighted by Crippen LogP contribution is -2.41. The number of β-amino-alcohol motifs (C(OH)–C–C–N with tert-alkyl or cyclic N) is 1. The molecule has 1 aliphatic heterocycles. The van der Waals surface area contributed by atoms with E-state index in [1.54, 1.807) is 13.8 Å². The molecular formula is C9H15NO5. The molecule has 1 saturated heterocycles. The third-order valence-corrected chi connectivity index (χ3v) is 2.14. The van der Waals surface area contributed by atoms with Gasteiger partial charge in [-0.15, -0.1) is 0 Å². The predicted octanol–water partition coefficient (Wildman–Crippen LogP) is 0.0512. The molecule has 86 valence electrons. The summed E-state index contributed by atoms with van der Waals surface area (Å²) in [5, 5.41) is 18.1. The van der Waals surface area contributed by atoms with E-state index < -0.39 is 24.2 Å². The van der Waals surface area contributed by atoms with Crippen molar-refractivity contribution in [2.45, 2.75) is 38.5 Å². The molecule has 2 atom stereocenters. The first-order chi connectivity index (χ1) is 6.91. The lowest BCUT2D eigenvalue weighted by Gasteiger charge is -2.21. The second-order valence-electron chi connectivity index (χ2n) is 3.83. The lowest BCUT2D eigenvalue weighted by atomic mass is 10.2. The second-order valence-corrected chi connectivity index (χ2v) is 3.83. The number of aliphatic hydroxyl groups excluding tert-OH is 1. The van der Waals surface area contributed by atoms with Gasteiger partial charge in [-0.2, -0.15) is 0 Å². The van der Waals surface area contributed by atoms with Gasteiger partial charge < -0.3 is 14.9 Å². The van der Waals surface area contributed by atoms with Gasteiger partial charge in [0.2, 0.25) is 0 Å². The Labute approximate surface area is 87.4 Å². The van der Waals surface area contributed by atoms with E-state index in [9.17, 15) is 14.7 Å². The van der Waals surface area contributed by atoms with Crippen molar-refractivity contribution in [2.24, 2.45) is 0 Å². The lowest BCUT2D eigenvalue weighted by molar-refractivity contribution is -0.141. The molecule has 1 rings (SSSR count). The van der Waals surface area contributed by atoms with Crippen LogP contribution in [0.1, 0.15) is 20.3 Å². The van der Waals surface area contributed by atoms with Crippen molar-refractivity contribution in [3.8, 4) is 0 Å². The van der Waals surface area contributed by atoms with Crippen LogP contribution in [0.2, 0.25) is 0 Å². The standard InChI is InChI=1S/C9H15NO5/c1-5(2)15-9(14)10-4-6(11)3-7(10)8(12)13/h5-7,11H,3-4H2,1-2H3,(H,12,13)/t6?,7-/m0/s1. The van der Waals surface area contributed by atoms with Gasteiger partial charge in [-0.05, 0) is 13.8 Å². The van der Waals surface area contributed by atoms with E-state index in [1.807, 2.05) is 0 Å². The van der Waals surface area contributed by atoms with Crippen LogP contribution < -0.4 is 0 Å². The molecule has 0 saturated carbocycles. The van der Waals surface area contributed by atoms with Crippen molar-refractivity contribution in [3.63, 3.8) is 0 Å². The van der Waals surface area contributed by atoms with Crippen molar-refractivity contribution in [1.82, 2.24) is 4.90 Å². The number of hydrogen-bond acceptors (Lipinski definition) is 4. The maximum atomic E-state index is 11.4. The molecule has 0 aliphatic carbocycles. The maximum Gasteiger partial charge on any atom is 0.410 e. The zero-order chi connectivity index (χ0) is 11.6. The minimum absolute atomic E-state index is 0.0164. The first kappa shape index (κ1) is 11.8. The fraction of sp³-hybridized carbons (Fsp3) is 0.778. The molecule has 1 unspecified atom stereocenters. The Morgan fingerprint density at radius 3 is 2.53 bits per heavy atom. The van der Waals surface area contributed by atoms with Gasteiger partial charge in [-0.3, -0.25) is 4.90 Å². The average Bonchev–Trinajstić information content (AvgIpc) is 2.46. The summed E-state index contributed by atoms with van der Waals surface area (Å²) in [4.78, 5) is 23.3. The van der Waals surface area contributed by atoms with Crippen LogP contribution in [0, 0.1) is 0 Å². The summed E-state index contributed by atoms with van der Waals surface area (Å²) in [6, 6.07) is -0.980. The van der Waals surface area contributed by atoms with Crippen LogP contribution in [0.5, 0.6) is 0 Å². The summed E-state index contributed by atoms with van der Waals surface area (Å²) in [7, 11) is 0. The molecule has 1 aliphatic rings. The molecule has 0 spiro atoms. The predicted molar refractivity (Wildman–Crippen MR) is 50.4 cm³/mol. The normalized spacial score (nSPS) is 25.7. The van der Waals surface area contributed by atoms with Gasteiger partial charge in [0.05, 0.1) is 18.8 Å². The van der Waals surface area contributed by atoms with Gasteiger partial charge in [-0.1, -0.05) is 0 Å². The van der Waals surface area contributed by atoms with E-state index in [2.05, 4.69) is 0 Å². The van der Waals surface area contributed by atoms with Gasteiger partial charge in [0, 0.05) is 6.42 Å². The highest BCUT2D eigenvalue weighted by Crippen LogP contribution is 2.19. The number of carbonyl (C=O) groups excluding carboxylic acids is 1. The van der Waals surface area contributed by atoms with Crippen LogP contribution in [-0.2, 0) is 9.53 Å². The topological polar surface area (TPSA) is 87.1 Å². The highest BCUT2D eigenvalue weighted by Gasteiger charge is 2.39. The quantitative estimate of drug-likeness (QED) is 0.682. The minimum Gasteiger partial charge on any atom is -0.480 e. The fourth-order valence-corrected chi connectivity index (χ4v) is 1.52. The molecule has 0 aromatic carbocycles. The van der Waals surface area contributed by atoms with Crippen LogP contribution in [0.25, 0.3) is 0 Å². The number of rotatable bonds is 2. The first-order valence-electron chi connectivity index (χ1n) is 4.80. The van der Waals surface area contributed by atoms with Crippen LogP contribution >= 0.6 is 0 Å². The van der Waals surface area contributed by atoms with E-state index in [-0.39, 0.29) is 19.1 Å². The Bertz CT molecular complexity index is 265. The van der Waals surface area contributed by atoms with E-state index in [4.69, 9.17) is 9.84 Å². The SMILES string of the molecule is CC(C)OC(=O)N1CC(O)C[C@H]1C(=O)O. The maximum absolute atomic E-state index is 11.4. The number of ether oxygens (including phenoxy) is 1. The van der Waals surface area contributed by atoms with Crippen molar-refractivity contribution in [2.75, 3.05) is 6.54 Å². The minimum atomic E-state index is -1.12. The number of aliphatic carboxylic acids is 1. The molecule has 1 amide bonds. The zero-order valence-corrected chi connectivity index (χ0v) is 8.71. The van der Waals surface area contributed by atoms with E-state index in [0.717, 1.165) is 4.90 Å². The van der Waals surface area contributed by atoms with Gasteiger partial charge in [-0.25, -0.2) is 9.59 Å². The summed E-state index contributed by atoms with van der Waals surface area (Å²) >= 11 is 0. The van der Waals surface area contributed by atoms with Gasteiger partial charge >= 0.3 is 12.1 Å². The van der Waals surface area contributed by atoms with Crippen molar-refractivity contribution in [3.05, 3.63) is 0 Å². The summed E-state index contributed by atoms with van der Waals surface area (Å²) in [6.45, 7) is 3.38. The van der Waals surface area contributed by atoms with Crippen molar-refractivity contribution in [1.29, 1.82) is 0 Å². The Balaban J connectivity index is 2.66. The summed E-state index contributed by atoms with van der Waals surface area (Å²) in [5.41, 5.74) is 0. The Morgan fingerprint density at radius 1 is 1.47 bits per heavy atom. The smallest absolute Gasteiger partial charge is 0.410 e. The summed E-state index contributed by atoms with van der Waals surface area (Å²) < 4.78 is 4.88. The zero-order valence-electron chi connectivity index (χ0n) is 8.71. The van der Waals surface area contributed by atoms with Crippen LogP contribution in [-0.4, -0.2) is 52.0 Å². The second kappa shape index (κ2) is 4.48. The fourth-order valence-electron chi connectivity index (χ4n) is 1.52. The molecule has 2 N–H and O–H groups in total. The number of nitrogens with zero attached hydrogens (tertiary/aromatic N) is 1. The average molecular weight is 217 g/mol. The number of hydrogen-bond donors (Lipinski definition) is 2. The molecule has 0 aromatic heterocycles. The molecular weight excluding hydrogens is 202 g/mol. The summed E-state index contributed by atoms with van der Waals surface area (Å²) in [5.74, 6) is -1.12. The highest BCUT2D eigenvalue weighted by molar-refractivity contribution is 5.80. The third-order valence-electron chi connectivity index (χ3n) is 2.14. The van der Waals surface area contributed by atoms with Gasteiger partial charge in [0.15, 0.2) is 0 Å². The molecule has 6 heteroatoms. The van der Waals surface area contributed by atoms with Crippen molar-refractivity contribution < 1.29 is 24.5 Å². The molecule has 15 heavy (non-hydrogen) atoms. The molecule has 0 bridgehead atoms. The van der Waals surface area contributed by atoms with E-state index >= 15 is 0 Å². The molecule has 1 fully saturated rings. The highest BCUT2D eigenvalue weighted by atomic mass is 16.6. The number of carboxylic acid groups (broad SMARTS) is 1. The monoisotopic (exact) mass is 217 g/mol. The number of aliphatic hydroxyl groups is 1. The number of carboxylic acids is 1. The van der Waals surface area contributed by atoms with Crippen LogP contribution in [0.3, 0.4) is 0 Å². The third kappa shape index (κ3) is 2.82. The van der Waals surface area contributed by atoms with E-state index in [0.29, 0.717) is 0 Å². The van der Waals surface area contributed by atoms with Crippen LogP contribution in [0.4, 0.5) is 4.79 Å². The Morgan fingerprint density at radius 2 is 2.07 bits per heavy atom. The Hall–Kier alpha value is -1.30. The largest absolute Gasteiger partial charge is 0.480 e. The molecule has 0 radical (unpaired) electrons. The molecule has 0 aromatic rings. The van der Waals surface area contributed by atoms with Gasteiger partial charge in [0.25, 0.3) is 0 Å². The number of carbonyl (C=O) groups is 2. The molecule has 1 heterocycles. The van der Waals surface area contributed by atoms with Crippen molar-refractivity contribution >= 4 is 12.1 Å². The van der Waals surface area contributed by atoms with Crippen LogP contribution in [0.15, 0.2) is 0 Å². The van der Waals surface area contributed by atoms with E-state index in [1.165, 1.54) is 0 Å². The first-order valence-corrected chi connectivity index (χ1v) is 4.80. The number of amides is 1.